The second-order valence-corrected chi connectivity index (χ2v) is 13.5. The summed E-state index contributed by atoms with van der Waals surface area (Å²) in [6, 6.07) is 17.4. The Bertz CT molecular complexity index is 605. The Hall–Kier alpha value is -1.15. The van der Waals surface area contributed by atoms with Crippen molar-refractivity contribution in [3.8, 4) is 0 Å². The van der Waals surface area contributed by atoms with Crippen molar-refractivity contribution in [1.29, 1.82) is 0 Å². The highest BCUT2D eigenvalue weighted by Crippen LogP contribution is 2.27. The zero-order chi connectivity index (χ0) is 16.6. The van der Waals surface area contributed by atoms with Gasteiger partial charge in [0, 0.05) is 12.1 Å². The van der Waals surface area contributed by atoms with Gasteiger partial charge in [0.05, 0.1) is 0 Å². The topological polar surface area (TPSA) is 99.4 Å². The van der Waals surface area contributed by atoms with E-state index in [-0.39, 0.29) is 12.1 Å². The van der Waals surface area contributed by atoms with Gasteiger partial charge in [0.1, 0.15) is 0 Å². The highest BCUT2D eigenvalue weighted by molar-refractivity contribution is 7.00. The number of hydrogen-bond donors (Lipinski definition) is 4. The molecule has 0 saturated carbocycles. The fraction of sp³-hybridized carbons (Fsp3) is 0.143. The van der Waals surface area contributed by atoms with Crippen molar-refractivity contribution < 1.29 is 27.4 Å². The van der Waals surface area contributed by atoms with Gasteiger partial charge in [-0.2, -0.15) is 0 Å². The third kappa shape index (κ3) is 3.52. The molecule has 0 bridgehead atoms. The lowest BCUT2D eigenvalue weighted by Crippen LogP contribution is -2.70. The van der Waals surface area contributed by atoms with Gasteiger partial charge in [-0.25, -0.2) is 0 Å². The molecule has 0 aliphatic carbocycles. The molecule has 0 spiro atoms. The summed E-state index contributed by atoms with van der Waals surface area (Å²) in [4.78, 5) is 41.1. The highest BCUT2D eigenvalue weighted by Gasteiger charge is 2.59. The number of hydrogen-bond acceptors (Lipinski definition) is 6. The van der Waals surface area contributed by atoms with Crippen LogP contribution in [0.1, 0.15) is 0 Å². The first kappa shape index (κ1) is 16.7. The van der Waals surface area contributed by atoms with Gasteiger partial charge in [0.25, 0.3) is 0 Å². The maximum Gasteiger partial charge on any atom is 0.486 e. The minimum atomic E-state index is -4.08. The van der Waals surface area contributed by atoms with Gasteiger partial charge < -0.3 is 27.4 Å². The summed E-state index contributed by atoms with van der Waals surface area (Å²) < 4.78 is 11.6. The second kappa shape index (κ2) is 6.05. The van der Waals surface area contributed by atoms with Gasteiger partial charge in [-0.1, -0.05) is 60.7 Å². The Balaban J connectivity index is 2.22. The van der Waals surface area contributed by atoms with Crippen molar-refractivity contribution >= 4 is 36.5 Å². The van der Waals surface area contributed by atoms with E-state index >= 15 is 0 Å². The van der Waals surface area contributed by atoms with Crippen LogP contribution >= 0.6 is 0 Å². The Morgan fingerprint density at radius 1 is 0.609 bits per heavy atom. The minimum Gasteiger partial charge on any atom is -0.390 e. The second-order valence-electron chi connectivity index (χ2n) is 5.54. The fourth-order valence-corrected chi connectivity index (χ4v) is 13.8. The van der Waals surface area contributed by atoms with Gasteiger partial charge in [0.2, 0.25) is 0 Å². The van der Waals surface area contributed by atoms with Gasteiger partial charge >= 0.3 is 26.2 Å². The Morgan fingerprint density at radius 3 is 1.30 bits per heavy atom. The van der Waals surface area contributed by atoms with Crippen LogP contribution in [0.2, 0.25) is 12.1 Å². The van der Waals surface area contributed by atoms with E-state index in [1.54, 1.807) is 48.5 Å². The van der Waals surface area contributed by atoms with Gasteiger partial charge in [-0.05, 0) is 10.4 Å². The molecule has 0 radical (unpaired) electrons. The van der Waals surface area contributed by atoms with Crippen LogP contribution in [0.3, 0.4) is 0 Å². The van der Waals surface area contributed by atoms with Gasteiger partial charge in [-0.15, -0.1) is 0 Å². The standard InChI is InChI=1S/C14H18O6Si3/c15-21(16)11-12-22(17,18)20-23(19-21,13-7-3-1-4-8-13)14-9-5-2-6-10-14/h1-10,15-18H,11-12H2. The first-order valence-electron chi connectivity index (χ1n) is 7.24. The molecule has 1 saturated heterocycles. The van der Waals surface area contributed by atoms with Crippen LogP contribution in [-0.2, 0) is 8.23 Å². The molecule has 0 aromatic heterocycles. The highest BCUT2D eigenvalue weighted by atomic mass is 28.5. The maximum absolute atomic E-state index is 10.3. The van der Waals surface area contributed by atoms with E-state index in [4.69, 9.17) is 8.23 Å². The maximum atomic E-state index is 10.3. The lowest BCUT2D eigenvalue weighted by atomic mass is 10.4. The molecule has 0 unspecified atom stereocenters. The predicted octanol–water partition coefficient (Wildman–Crippen LogP) is -0.863. The largest absolute Gasteiger partial charge is 0.486 e. The van der Waals surface area contributed by atoms with Crippen molar-refractivity contribution in [2.75, 3.05) is 0 Å². The third-order valence-electron chi connectivity index (χ3n) is 3.70. The van der Waals surface area contributed by atoms with E-state index in [9.17, 15) is 19.2 Å². The molecular weight excluding hydrogens is 348 g/mol. The van der Waals surface area contributed by atoms with E-state index in [1.807, 2.05) is 12.1 Å². The van der Waals surface area contributed by atoms with Crippen molar-refractivity contribution in [1.82, 2.24) is 0 Å². The zero-order valence-corrected chi connectivity index (χ0v) is 15.3. The summed E-state index contributed by atoms with van der Waals surface area (Å²) in [5.74, 6) is 0. The summed E-state index contributed by atoms with van der Waals surface area (Å²) in [5.41, 5.74) is 0. The molecule has 9 heteroatoms. The van der Waals surface area contributed by atoms with Crippen LogP contribution in [0.25, 0.3) is 0 Å². The van der Waals surface area contributed by atoms with Crippen molar-refractivity contribution in [3.05, 3.63) is 60.7 Å². The van der Waals surface area contributed by atoms with Crippen LogP contribution in [0.15, 0.2) is 60.7 Å². The van der Waals surface area contributed by atoms with E-state index in [0.717, 1.165) is 0 Å². The normalized spacial score (nSPS) is 22.3. The molecule has 3 rings (SSSR count). The SMILES string of the molecule is O[Si]1(O)CC[Si](O)(O)O[Si](c2ccccc2)(c2ccccc2)O1. The summed E-state index contributed by atoms with van der Waals surface area (Å²) in [6.07, 6.45) is 0. The van der Waals surface area contributed by atoms with E-state index in [2.05, 4.69) is 0 Å². The molecule has 6 nitrogen and oxygen atoms in total. The summed E-state index contributed by atoms with van der Waals surface area (Å²) in [5, 5.41) is 1.21. The van der Waals surface area contributed by atoms with Gasteiger partial charge in [-0.3, -0.25) is 0 Å². The van der Waals surface area contributed by atoms with Crippen LogP contribution in [0.5, 0.6) is 0 Å². The Labute approximate surface area is 137 Å². The molecule has 2 aromatic rings. The molecular formula is C14H18O6Si3. The van der Waals surface area contributed by atoms with Crippen molar-refractivity contribution in [2.24, 2.45) is 0 Å². The fourth-order valence-electron chi connectivity index (χ4n) is 2.63. The quantitative estimate of drug-likeness (QED) is 0.516. The van der Waals surface area contributed by atoms with E-state index < -0.39 is 26.2 Å². The van der Waals surface area contributed by atoms with E-state index in [0.29, 0.717) is 10.4 Å². The molecule has 1 aliphatic heterocycles. The molecule has 0 amide bonds. The Morgan fingerprint density at radius 2 is 0.957 bits per heavy atom. The summed E-state index contributed by atoms with van der Waals surface area (Å²) in [6.45, 7) is 0. The molecule has 0 atom stereocenters. The lowest BCUT2D eigenvalue weighted by molar-refractivity contribution is 0.203. The van der Waals surface area contributed by atoms with Crippen LogP contribution in [-0.4, -0.2) is 45.4 Å². The first-order valence-corrected chi connectivity index (χ1v) is 13.1. The molecule has 1 aliphatic rings. The lowest BCUT2D eigenvalue weighted by Gasteiger charge is -2.35. The van der Waals surface area contributed by atoms with Crippen molar-refractivity contribution in [2.45, 2.75) is 12.1 Å². The van der Waals surface area contributed by atoms with Crippen LogP contribution in [0, 0.1) is 0 Å². The first-order chi connectivity index (χ1) is 10.8. The minimum absolute atomic E-state index is 0.194. The summed E-state index contributed by atoms with van der Waals surface area (Å²) in [7, 11) is -11.8. The smallest absolute Gasteiger partial charge is 0.390 e. The molecule has 1 fully saturated rings. The zero-order valence-electron chi connectivity index (χ0n) is 12.3. The third-order valence-corrected chi connectivity index (χ3v) is 13.1. The summed E-state index contributed by atoms with van der Waals surface area (Å²) >= 11 is 0. The van der Waals surface area contributed by atoms with Crippen LogP contribution < -0.4 is 10.4 Å². The molecule has 122 valence electrons. The molecule has 2 aromatic carbocycles. The van der Waals surface area contributed by atoms with Crippen LogP contribution in [0.4, 0.5) is 0 Å². The van der Waals surface area contributed by atoms with E-state index in [1.165, 1.54) is 0 Å². The number of benzene rings is 2. The van der Waals surface area contributed by atoms with Gasteiger partial charge in [0.15, 0.2) is 0 Å². The molecule has 23 heavy (non-hydrogen) atoms. The number of rotatable bonds is 2. The monoisotopic (exact) mass is 366 g/mol. The average Bonchev–Trinajstić information content (AvgIpc) is 2.64. The molecule has 1 heterocycles. The average molecular weight is 367 g/mol. The van der Waals surface area contributed by atoms with Crippen molar-refractivity contribution in [3.63, 3.8) is 0 Å². The molecule has 4 N–H and O–H groups in total. The Kier molecular flexibility index (Phi) is 4.39. The predicted molar refractivity (Wildman–Crippen MR) is 90.1 cm³/mol.